The molecule has 0 aliphatic carbocycles. The Hall–Kier alpha value is -0.130. The maximum Gasteiger partial charge on any atom is 0.216 e. The van der Waals surface area contributed by atoms with Gasteiger partial charge in [0.05, 0.1) is 11.9 Å². The van der Waals surface area contributed by atoms with Gasteiger partial charge in [-0.25, -0.2) is 12.7 Å². The molecule has 0 aromatic heterocycles. The summed E-state index contributed by atoms with van der Waals surface area (Å²) in [4.78, 5) is 0. The van der Waals surface area contributed by atoms with Gasteiger partial charge in [0.15, 0.2) is 0 Å². The van der Waals surface area contributed by atoms with Crippen molar-refractivity contribution in [1.82, 2.24) is 4.31 Å². The standard InChI is InChI=1S/C9H19NO3S/c1-2-9(11)8-14(12,13)10-6-4-3-5-7-10/h9,11H,2-8H2,1H3. The molecule has 1 saturated heterocycles. The van der Waals surface area contributed by atoms with Crippen LogP contribution in [0.2, 0.25) is 0 Å². The fourth-order valence-corrected chi connectivity index (χ4v) is 3.36. The highest BCUT2D eigenvalue weighted by molar-refractivity contribution is 7.89. The summed E-state index contributed by atoms with van der Waals surface area (Å²) in [7, 11) is -3.21. The predicted octanol–water partition coefficient (Wildman–Crippen LogP) is 0.573. The smallest absolute Gasteiger partial charge is 0.216 e. The van der Waals surface area contributed by atoms with E-state index in [1.165, 1.54) is 4.31 Å². The molecule has 1 aliphatic heterocycles. The van der Waals surface area contributed by atoms with Crippen molar-refractivity contribution in [3.05, 3.63) is 0 Å². The molecule has 0 spiro atoms. The van der Waals surface area contributed by atoms with Crippen LogP contribution in [-0.2, 0) is 10.0 Å². The van der Waals surface area contributed by atoms with Crippen LogP contribution in [0.15, 0.2) is 0 Å². The largest absolute Gasteiger partial charge is 0.392 e. The molecule has 1 N–H and O–H groups in total. The fourth-order valence-electron chi connectivity index (χ4n) is 1.61. The van der Waals surface area contributed by atoms with E-state index in [0.29, 0.717) is 19.5 Å². The van der Waals surface area contributed by atoms with E-state index in [1.807, 2.05) is 0 Å². The van der Waals surface area contributed by atoms with Crippen LogP contribution in [0.4, 0.5) is 0 Å². The first-order chi connectivity index (χ1) is 6.56. The van der Waals surface area contributed by atoms with Gasteiger partial charge in [0.25, 0.3) is 0 Å². The number of rotatable bonds is 4. The van der Waals surface area contributed by atoms with E-state index in [0.717, 1.165) is 19.3 Å². The quantitative estimate of drug-likeness (QED) is 0.755. The van der Waals surface area contributed by atoms with Crippen molar-refractivity contribution in [2.45, 2.75) is 38.7 Å². The average Bonchev–Trinajstić information content (AvgIpc) is 2.18. The first-order valence-corrected chi connectivity index (χ1v) is 6.83. The molecule has 5 heteroatoms. The second kappa shape index (κ2) is 5.09. The van der Waals surface area contributed by atoms with E-state index in [9.17, 15) is 13.5 Å². The molecule has 1 fully saturated rings. The summed E-state index contributed by atoms with van der Waals surface area (Å²) >= 11 is 0. The lowest BCUT2D eigenvalue weighted by Gasteiger charge is -2.26. The second-order valence-electron chi connectivity index (χ2n) is 3.80. The van der Waals surface area contributed by atoms with E-state index < -0.39 is 16.1 Å². The number of sulfonamides is 1. The number of nitrogens with zero attached hydrogens (tertiary/aromatic N) is 1. The summed E-state index contributed by atoms with van der Waals surface area (Å²) in [6, 6.07) is 0. The minimum atomic E-state index is -3.21. The lowest BCUT2D eigenvalue weighted by atomic mass is 10.2. The number of piperidine rings is 1. The molecular weight excluding hydrogens is 202 g/mol. The minimum absolute atomic E-state index is 0.122. The van der Waals surface area contributed by atoms with Gasteiger partial charge in [-0.3, -0.25) is 0 Å². The summed E-state index contributed by atoms with van der Waals surface area (Å²) in [5.41, 5.74) is 0. The van der Waals surface area contributed by atoms with Gasteiger partial charge in [0.2, 0.25) is 10.0 Å². The van der Waals surface area contributed by atoms with Gasteiger partial charge in [0.1, 0.15) is 0 Å². The van der Waals surface area contributed by atoms with Crippen molar-refractivity contribution in [3.8, 4) is 0 Å². The monoisotopic (exact) mass is 221 g/mol. The van der Waals surface area contributed by atoms with Crippen LogP contribution in [0, 0.1) is 0 Å². The normalized spacial score (nSPS) is 22.1. The zero-order valence-electron chi connectivity index (χ0n) is 8.65. The van der Waals surface area contributed by atoms with Crippen LogP contribution in [-0.4, -0.2) is 42.8 Å². The highest BCUT2D eigenvalue weighted by Crippen LogP contribution is 2.14. The summed E-state index contributed by atoms with van der Waals surface area (Å²) in [6.07, 6.45) is 2.78. The van der Waals surface area contributed by atoms with Gasteiger partial charge >= 0.3 is 0 Å². The van der Waals surface area contributed by atoms with E-state index in [4.69, 9.17) is 0 Å². The Morgan fingerprint density at radius 1 is 1.29 bits per heavy atom. The van der Waals surface area contributed by atoms with E-state index in [1.54, 1.807) is 6.92 Å². The fraction of sp³-hybridized carbons (Fsp3) is 1.00. The first-order valence-electron chi connectivity index (χ1n) is 5.22. The zero-order chi connectivity index (χ0) is 10.6. The van der Waals surface area contributed by atoms with Gasteiger partial charge < -0.3 is 5.11 Å². The molecular formula is C9H19NO3S. The molecule has 1 heterocycles. The van der Waals surface area contributed by atoms with Crippen LogP contribution in [0.5, 0.6) is 0 Å². The van der Waals surface area contributed by atoms with Gasteiger partial charge in [-0.2, -0.15) is 0 Å². The van der Waals surface area contributed by atoms with E-state index in [-0.39, 0.29) is 5.75 Å². The third-order valence-corrected chi connectivity index (χ3v) is 4.54. The third kappa shape index (κ3) is 3.22. The Labute approximate surface area is 86.0 Å². The van der Waals surface area contributed by atoms with Gasteiger partial charge in [-0.05, 0) is 19.3 Å². The molecule has 0 aromatic rings. The zero-order valence-corrected chi connectivity index (χ0v) is 9.46. The average molecular weight is 221 g/mol. The molecule has 0 amide bonds. The second-order valence-corrected chi connectivity index (χ2v) is 5.81. The van der Waals surface area contributed by atoms with E-state index >= 15 is 0 Å². The van der Waals surface area contributed by atoms with Crippen LogP contribution in [0.3, 0.4) is 0 Å². The van der Waals surface area contributed by atoms with Crippen LogP contribution in [0.25, 0.3) is 0 Å². The molecule has 1 unspecified atom stereocenters. The van der Waals surface area contributed by atoms with Gasteiger partial charge in [-0.1, -0.05) is 13.3 Å². The van der Waals surface area contributed by atoms with Gasteiger partial charge in [-0.15, -0.1) is 0 Å². The topological polar surface area (TPSA) is 57.6 Å². The third-order valence-electron chi connectivity index (χ3n) is 2.58. The summed E-state index contributed by atoms with van der Waals surface area (Å²) in [5.74, 6) is -0.122. The molecule has 0 aromatic carbocycles. The molecule has 0 saturated carbocycles. The van der Waals surface area contributed by atoms with Crippen molar-refractivity contribution in [3.63, 3.8) is 0 Å². The minimum Gasteiger partial charge on any atom is -0.392 e. The molecule has 84 valence electrons. The van der Waals surface area contributed by atoms with Crippen LogP contribution >= 0.6 is 0 Å². The van der Waals surface area contributed by atoms with Crippen molar-refractivity contribution in [2.75, 3.05) is 18.8 Å². The Bertz CT molecular complexity index is 257. The molecule has 14 heavy (non-hydrogen) atoms. The van der Waals surface area contributed by atoms with Crippen LogP contribution in [0.1, 0.15) is 32.6 Å². The number of aliphatic hydroxyl groups is 1. The lowest BCUT2D eigenvalue weighted by molar-refractivity contribution is 0.190. The Morgan fingerprint density at radius 2 is 1.86 bits per heavy atom. The first kappa shape index (κ1) is 11.9. The SMILES string of the molecule is CCC(O)CS(=O)(=O)N1CCCCC1. The summed E-state index contributed by atoms with van der Waals surface area (Å²) in [6.45, 7) is 3.04. The Kier molecular flexibility index (Phi) is 4.34. The number of hydrogen-bond acceptors (Lipinski definition) is 3. The van der Waals surface area contributed by atoms with Crippen molar-refractivity contribution in [2.24, 2.45) is 0 Å². The summed E-state index contributed by atoms with van der Waals surface area (Å²) < 4.78 is 25.0. The Morgan fingerprint density at radius 3 is 2.36 bits per heavy atom. The molecule has 1 atom stereocenters. The van der Waals surface area contributed by atoms with Crippen molar-refractivity contribution >= 4 is 10.0 Å². The van der Waals surface area contributed by atoms with Gasteiger partial charge in [0, 0.05) is 13.1 Å². The molecule has 0 radical (unpaired) electrons. The highest BCUT2D eigenvalue weighted by Gasteiger charge is 2.25. The van der Waals surface area contributed by atoms with Crippen LogP contribution < -0.4 is 0 Å². The molecule has 1 aliphatic rings. The Balaban J connectivity index is 2.54. The molecule has 1 rings (SSSR count). The molecule has 4 nitrogen and oxygen atoms in total. The predicted molar refractivity (Wildman–Crippen MR) is 55.5 cm³/mol. The summed E-state index contributed by atoms with van der Waals surface area (Å²) in [5, 5.41) is 9.32. The van der Waals surface area contributed by atoms with E-state index in [2.05, 4.69) is 0 Å². The molecule has 0 bridgehead atoms. The highest BCUT2D eigenvalue weighted by atomic mass is 32.2. The maximum atomic E-state index is 11.7. The lowest BCUT2D eigenvalue weighted by Crippen LogP contribution is -2.39. The van der Waals surface area contributed by atoms with Crippen molar-refractivity contribution in [1.29, 1.82) is 0 Å². The van der Waals surface area contributed by atoms with Crippen molar-refractivity contribution < 1.29 is 13.5 Å². The maximum absolute atomic E-state index is 11.7. The number of aliphatic hydroxyl groups excluding tert-OH is 1. The number of hydrogen-bond donors (Lipinski definition) is 1.